The Kier molecular flexibility index (Phi) is 4.79. The molecule has 1 atom stereocenters. The van der Waals surface area contributed by atoms with E-state index in [2.05, 4.69) is 10.6 Å². The fourth-order valence-electron chi connectivity index (χ4n) is 3.95. The van der Waals surface area contributed by atoms with Crippen LogP contribution < -0.4 is 15.4 Å². The summed E-state index contributed by atoms with van der Waals surface area (Å²) in [6.45, 7) is -0.110. The molecule has 0 bridgehead atoms. The van der Waals surface area contributed by atoms with Gasteiger partial charge in [-0.15, -0.1) is 0 Å². The van der Waals surface area contributed by atoms with Gasteiger partial charge >= 0.3 is 0 Å². The number of para-hydroxylation sites is 1. The number of ether oxygens (including phenoxy) is 1. The van der Waals surface area contributed by atoms with Crippen molar-refractivity contribution in [2.45, 2.75) is 31.7 Å². The first-order valence-corrected chi connectivity index (χ1v) is 9.24. The molecule has 0 radical (unpaired) electrons. The molecule has 1 unspecified atom stereocenters. The van der Waals surface area contributed by atoms with Crippen LogP contribution in [-0.2, 0) is 4.79 Å². The van der Waals surface area contributed by atoms with Gasteiger partial charge in [0.25, 0.3) is 11.8 Å². The Morgan fingerprint density at radius 1 is 1.15 bits per heavy atom. The number of rotatable bonds is 4. The molecule has 4 rings (SSSR count). The Morgan fingerprint density at radius 2 is 1.89 bits per heavy atom. The monoisotopic (exact) mass is 368 g/mol. The standard InChI is InChI=1S/C21H21FN2O3/c22-15-10-8-14(9-11-15)19(13-4-1-2-5-13)24-21(26)16-6-3-7-17-20(16)27-12-18(25)23-17/h3,6-11,13,19H,1-2,4-5,12H2,(H,23,25)(H,24,26). The lowest BCUT2D eigenvalue weighted by Gasteiger charge is -2.26. The molecular formula is C21H21FN2O3. The van der Waals surface area contributed by atoms with E-state index in [1.165, 1.54) is 12.1 Å². The quantitative estimate of drug-likeness (QED) is 0.862. The van der Waals surface area contributed by atoms with Crippen molar-refractivity contribution in [1.29, 1.82) is 0 Å². The highest BCUT2D eigenvalue weighted by molar-refractivity contribution is 6.03. The molecule has 1 heterocycles. The maximum Gasteiger partial charge on any atom is 0.262 e. The van der Waals surface area contributed by atoms with Gasteiger partial charge in [-0.25, -0.2) is 4.39 Å². The Hall–Kier alpha value is -2.89. The van der Waals surface area contributed by atoms with Gasteiger partial charge in [0.1, 0.15) is 5.82 Å². The molecule has 0 spiro atoms. The molecule has 1 aliphatic heterocycles. The number of nitrogens with one attached hydrogen (secondary N) is 2. The zero-order valence-electron chi connectivity index (χ0n) is 14.8. The number of hydrogen-bond acceptors (Lipinski definition) is 3. The number of hydrogen-bond donors (Lipinski definition) is 2. The molecule has 27 heavy (non-hydrogen) atoms. The van der Waals surface area contributed by atoms with Crippen LogP contribution in [-0.4, -0.2) is 18.4 Å². The van der Waals surface area contributed by atoms with Gasteiger partial charge in [-0.1, -0.05) is 31.0 Å². The molecule has 5 nitrogen and oxygen atoms in total. The van der Waals surface area contributed by atoms with Crippen molar-refractivity contribution >= 4 is 17.5 Å². The maximum absolute atomic E-state index is 13.3. The van der Waals surface area contributed by atoms with Crippen molar-refractivity contribution in [2.75, 3.05) is 11.9 Å². The van der Waals surface area contributed by atoms with Gasteiger partial charge < -0.3 is 15.4 Å². The van der Waals surface area contributed by atoms with Crippen molar-refractivity contribution in [3.63, 3.8) is 0 Å². The molecular weight excluding hydrogens is 347 g/mol. The first-order chi connectivity index (χ1) is 13.1. The lowest BCUT2D eigenvalue weighted by atomic mass is 9.91. The number of fused-ring (bicyclic) bond motifs is 1. The third kappa shape index (κ3) is 3.65. The van der Waals surface area contributed by atoms with Gasteiger partial charge in [0, 0.05) is 0 Å². The summed E-state index contributed by atoms with van der Waals surface area (Å²) in [5.74, 6) is -0.0885. The molecule has 0 saturated heterocycles. The van der Waals surface area contributed by atoms with Crippen LogP contribution in [0.15, 0.2) is 42.5 Å². The Labute approximate surface area is 156 Å². The Morgan fingerprint density at radius 3 is 2.63 bits per heavy atom. The molecule has 1 saturated carbocycles. The minimum atomic E-state index is -0.295. The minimum Gasteiger partial charge on any atom is -0.481 e. The average molecular weight is 368 g/mol. The van der Waals surface area contributed by atoms with E-state index >= 15 is 0 Å². The zero-order valence-corrected chi connectivity index (χ0v) is 14.8. The van der Waals surface area contributed by atoms with Crippen LogP contribution in [0.25, 0.3) is 0 Å². The molecule has 0 aromatic heterocycles. The molecule has 2 aliphatic rings. The highest BCUT2D eigenvalue weighted by Crippen LogP contribution is 2.37. The molecule has 1 aliphatic carbocycles. The second kappa shape index (κ2) is 7.39. The van der Waals surface area contributed by atoms with E-state index in [0.717, 1.165) is 31.2 Å². The largest absolute Gasteiger partial charge is 0.481 e. The molecule has 2 amide bonds. The maximum atomic E-state index is 13.3. The van der Waals surface area contributed by atoms with Crippen LogP contribution in [0.5, 0.6) is 5.75 Å². The average Bonchev–Trinajstić information content (AvgIpc) is 3.20. The van der Waals surface area contributed by atoms with E-state index < -0.39 is 0 Å². The van der Waals surface area contributed by atoms with E-state index in [0.29, 0.717) is 22.9 Å². The third-order valence-corrected chi connectivity index (χ3v) is 5.27. The van der Waals surface area contributed by atoms with Gasteiger partial charge in [-0.05, 0) is 48.6 Å². The molecule has 2 N–H and O–H groups in total. The lowest BCUT2D eigenvalue weighted by Crippen LogP contribution is -2.34. The van der Waals surface area contributed by atoms with Crippen LogP contribution in [0.1, 0.15) is 47.6 Å². The smallest absolute Gasteiger partial charge is 0.262 e. The van der Waals surface area contributed by atoms with Gasteiger partial charge in [0.2, 0.25) is 0 Å². The summed E-state index contributed by atoms with van der Waals surface area (Å²) in [6, 6.07) is 11.2. The second-order valence-corrected chi connectivity index (χ2v) is 7.07. The number of halogens is 1. The minimum absolute atomic E-state index is 0.110. The van der Waals surface area contributed by atoms with Gasteiger partial charge in [-0.3, -0.25) is 9.59 Å². The molecule has 1 fully saturated rings. The first kappa shape index (κ1) is 17.5. The summed E-state index contributed by atoms with van der Waals surface area (Å²) in [4.78, 5) is 24.5. The Bertz CT molecular complexity index is 860. The molecule has 6 heteroatoms. The van der Waals surface area contributed by atoms with Crippen LogP contribution in [0.3, 0.4) is 0 Å². The van der Waals surface area contributed by atoms with Crippen molar-refractivity contribution in [1.82, 2.24) is 5.32 Å². The summed E-state index contributed by atoms with van der Waals surface area (Å²) >= 11 is 0. The van der Waals surface area contributed by atoms with Gasteiger partial charge in [0.05, 0.1) is 17.3 Å². The van der Waals surface area contributed by atoms with E-state index in [4.69, 9.17) is 4.74 Å². The zero-order chi connectivity index (χ0) is 18.8. The normalized spacial score (nSPS) is 17.6. The lowest BCUT2D eigenvalue weighted by molar-refractivity contribution is -0.118. The third-order valence-electron chi connectivity index (χ3n) is 5.27. The van der Waals surface area contributed by atoms with Crippen molar-refractivity contribution in [3.8, 4) is 5.75 Å². The van der Waals surface area contributed by atoms with Crippen molar-refractivity contribution < 1.29 is 18.7 Å². The fraction of sp³-hybridized carbons (Fsp3) is 0.333. The topological polar surface area (TPSA) is 67.4 Å². The summed E-state index contributed by atoms with van der Waals surface area (Å²) in [5, 5.41) is 5.83. The number of benzene rings is 2. The van der Waals surface area contributed by atoms with E-state index in [-0.39, 0.29) is 30.3 Å². The van der Waals surface area contributed by atoms with Gasteiger partial charge in [-0.2, -0.15) is 0 Å². The number of carbonyl (C=O) groups is 2. The van der Waals surface area contributed by atoms with Crippen molar-refractivity contribution in [3.05, 3.63) is 59.4 Å². The predicted octanol–water partition coefficient (Wildman–Crippen LogP) is 3.82. The van der Waals surface area contributed by atoms with E-state index in [1.807, 2.05) is 0 Å². The molecule has 2 aromatic carbocycles. The summed E-state index contributed by atoms with van der Waals surface area (Å²) in [5.41, 5.74) is 1.78. The highest BCUT2D eigenvalue weighted by Gasteiger charge is 2.30. The number of anilines is 1. The molecule has 140 valence electrons. The summed E-state index contributed by atoms with van der Waals surface area (Å²) < 4.78 is 18.8. The fourth-order valence-corrected chi connectivity index (χ4v) is 3.95. The molecule has 2 aromatic rings. The van der Waals surface area contributed by atoms with Crippen molar-refractivity contribution in [2.24, 2.45) is 5.92 Å². The summed E-state index contributed by atoms with van der Waals surface area (Å²) in [7, 11) is 0. The van der Waals surface area contributed by atoms with E-state index in [1.54, 1.807) is 30.3 Å². The van der Waals surface area contributed by atoms with Gasteiger partial charge in [0.15, 0.2) is 12.4 Å². The van der Waals surface area contributed by atoms with Crippen LogP contribution >= 0.6 is 0 Å². The Balaban J connectivity index is 1.61. The van der Waals surface area contributed by atoms with E-state index in [9.17, 15) is 14.0 Å². The summed E-state index contributed by atoms with van der Waals surface area (Å²) in [6.07, 6.45) is 4.33. The van der Waals surface area contributed by atoms with Crippen LogP contribution in [0.2, 0.25) is 0 Å². The number of carbonyl (C=O) groups excluding carboxylic acids is 2. The second-order valence-electron chi connectivity index (χ2n) is 7.07. The van der Waals surface area contributed by atoms with Crippen LogP contribution in [0.4, 0.5) is 10.1 Å². The SMILES string of the molecule is O=C1COc2c(cccc2C(=O)NC(c2ccc(F)cc2)C2CCCC2)N1. The first-order valence-electron chi connectivity index (χ1n) is 9.24. The predicted molar refractivity (Wildman–Crippen MR) is 99.1 cm³/mol. The van der Waals surface area contributed by atoms with Crippen LogP contribution in [0, 0.1) is 11.7 Å². The highest BCUT2D eigenvalue weighted by atomic mass is 19.1. The number of amides is 2.